The third-order valence-electron chi connectivity index (χ3n) is 1.97. The number of nitriles is 2. The third kappa shape index (κ3) is 2.07. The van der Waals surface area contributed by atoms with Crippen molar-refractivity contribution in [1.29, 1.82) is 10.5 Å². The van der Waals surface area contributed by atoms with Crippen LogP contribution in [0.3, 0.4) is 0 Å². The minimum absolute atomic E-state index is 0.102. The van der Waals surface area contributed by atoms with E-state index in [0.717, 1.165) is 0 Å². The van der Waals surface area contributed by atoms with E-state index in [1.165, 1.54) is 19.2 Å². The van der Waals surface area contributed by atoms with E-state index in [0.29, 0.717) is 5.75 Å². The maximum absolute atomic E-state index is 10.8. The number of hydrogen-bond donors (Lipinski definition) is 0. The molecule has 80 valence electrons. The van der Waals surface area contributed by atoms with Gasteiger partial charge in [0.25, 0.3) is 5.69 Å². The molecule has 0 fully saturated rings. The molecular formula is C10H7N3O3. The fourth-order valence-corrected chi connectivity index (χ4v) is 1.30. The van der Waals surface area contributed by atoms with Crippen LogP contribution < -0.4 is 4.74 Å². The summed E-state index contributed by atoms with van der Waals surface area (Å²) in [4.78, 5) is 10.1. The smallest absolute Gasteiger partial charge is 0.291 e. The van der Waals surface area contributed by atoms with Crippen molar-refractivity contribution in [2.45, 2.75) is 6.42 Å². The highest BCUT2D eigenvalue weighted by molar-refractivity contribution is 5.58. The first kappa shape index (κ1) is 11.5. The van der Waals surface area contributed by atoms with Gasteiger partial charge in [0.15, 0.2) is 0 Å². The number of rotatable bonds is 3. The summed E-state index contributed by atoms with van der Waals surface area (Å²) in [6, 6.07) is 6.20. The second-order valence-corrected chi connectivity index (χ2v) is 2.89. The number of nitro groups is 1. The number of benzene rings is 1. The molecule has 0 N–H and O–H groups in total. The summed E-state index contributed by atoms with van der Waals surface area (Å²) in [5.74, 6) is 0.326. The second kappa shape index (κ2) is 4.76. The summed E-state index contributed by atoms with van der Waals surface area (Å²) in [6.45, 7) is 0. The quantitative estimate of drug-likeness (QED) is 0.564. The monoisotopic (exact) mass is 217 g/mol. The first-order chi connectivity index (χ1) is 7.63. The molecule has 16 heavy (non-hydrogen) atoms. The first-order valence-corrected chi connectivity index (χ1v) is 4.26. The molecule has 0 aliphatic heterocycles. The van der Waals surface area contributed by atoms with E-state index < -0.39 is 4.92 Å². The van der Waals surface area contributed by atoms with Gasteiger partial charge in [-0.3, -0.25) is 10.1 Å². The lowest BCUT2D eigenvalue weighted by atomic mass is 10.1. The normalized spacial score (nSPS) is 8.94. The van der Waals surface area contributed by atoms with Gasteiger partial charge in [-0.05, 0) is 6.07 Å². The van der Waals surface area contributed by atoms with E-state index in [-0.39, 0.29) is 23.2 Å². The highest BCUT2D eigenvalue weighted by Crippen LogP contribution is 2.28. The molecule has 0 amide bonds. The fourth-order valence-electron chi connectivity index (χ4n) is 1.30. The van der Waals surface area contributed by atoms with Crippen LogP contribution in [0.5, 0.6) is 5.75 Å². The average Bonchev–Trinajstić information content (AvgIpc) is 2.27. The van der Waals surface area contributed by atoms with Crippen LogP contribution in [-0.2, 0) is 6.42 Å². The lowest BCUT2D eigenvalue weighted by Gasteiger charge is -2.04. The molecule has 0 spiro atoms. The molecule has 0 saturated heterocycles. The largest absolute Gasteiger partial charge is 0.497 e. The molecule has 0 radical (unpaired) electrons. The van der Waals surface area contributed by atoms with Crippen LogP contribution in [0.1, 0.15) is 11.1 Å². The zero-order chi connectivity index (χ0) is 12.1. The van der Waals surface area contributed by atoms with Crippen molar-refractivity contribution in [3.63, 3.8) is 0 Å². The zero-order valence-corrected chi connectivity index (χ0v) is 8.43. The van der Waals surface area contributed by atoms with Crippen molar-refractivity contribution in [3.8, 4) is 17.9 Å². The fraction of sp³-hybridized carbons (Fsp3) is 0.200. The molecule has 0 saturated carbocycles. The standard InChI is InChI=1S/C10H7N3O3/c1-16-9-4-7(2-3-11)10(13(14)15)8(5-9)6-12/h4-5H,2H2,1H3. The van der Waals surface area contributed by atoms with Gasteiger partial charge in [0, 0.05) is 11.6 Å². The molecule has 1 aromatic carbocycles. The number of methoxy groups -OCH3 is 1. The van der Waals surface area contributed by atoms with E-state index in [2.05, 4.69) is 0 Å². The number of nitro benzene ring substituents is 1. The van der Waals surface area contributed by atoms with Gasteiger partial charge in [0.1, 0.15) is 17.4 Å². The van der Waals surface area contributed by atoms with Crippen molar-refractivity contribution in [1.82, 2.24) is 0 Å². The molecule has 1 rings (SSSR count). The van der Waals surface area contributed by atoms with Gasteiger partial charge in [-0.2, -0.15) is 10.5 Å². The predicted octanol–water partition coefficient (Wildman–Crippen LogP) is 1.54. The molecule has 1 aromatic rings. The Balaban J connectivity index is 3.50. The number of nitrogens with zero attached hydrogens (tertiary/aromatic N) is 3. The average molecular weight is 217 g/mol. The maximum atomic E-state index is 10.8. The van der Waals surface area contributed by atoms with Gasteiger partial charge < -0.3 is 4.74 Å². The van der Waals surface area contributed by atoms with Crippen molar-refractivity contribution < 1.29 is 9.66 Å². The van der Waals surface area contributed by atoms with Gasteiger partial charge >= 0.3 is 0 Å². The Labute approximate surface area is 91.4 Å². The first-order valence-electron chi connectivity index (χ1n) is 4.26. The molecular weight excluding hydrogens is 210 g/mol. The lowest BCUT2D eigenvalue weighted by molar-refractivity contribution is -0.385. The van der Waals surface area contributed by atoms with Crippen LogP contribution in [0.25, 0.3) is 0 Å². The van der Waals surface area contributed by atoms with Gasteiger partial charge in [-0.1, -0.05) is 0 Å². The Hall–Kier alpha value is -2.60. The third-order valence-corrected chi connectivity index (χ3v) is 1.97. The number of hydrogen-bond acceptors (Lipinski definition) is 5. The predicted molar refractivity (Wildman–Crippen MR) is 53.7 cm³/mol. The topological polar surface area (TPSA) is 99.9 Å². The highest BCUT2D eigenvalue weighted by atomic mass is 16.6. The maximum Gasteiger partial charge on any atom is 0.291 e. The van der Waals surface area contributed by atoms with Crippen LogP contribution in [0.15, 0.2) is 12.1 Å². The Morgan fingerprint density at radius 1 is 1.50 bits per heavy atom. The Morgan fingerprint density at radius 3 is 2.62 bits per heavy atom. The van der Waals surface area contributed by atoms with Crippen molar-refractivity contribution in [2.24, 2.45) is 0 Å². The summed E-state index contributed by atoms with van der Waals surface area (Å²) in [5.41, 5.74) is -0.247. The number of ether oxygens (including phenoxy) is 1. The molecule has 6 heteroatoms. The van der Waals surface area contributed by atoms with E-state index in [1.807, 2.05) is 6.07 Å². The zero-order valence-electron chi connectivity index (χ0n) is 8.43. The minimum Gasteiger partial charge on any atom is -0.497 e. The summed E-state index contributed by atoms with van der Waals surface area (Å²) >= 11 is 0. The van der Waals surface area contributed by atoms with E-state index >= 15 is 0 Å². The van der Waals surface area contributed by atoms with E-state index in [1.54, 1.807) is 6.07 Å². The van der Waals surface area contributed by atoms with Crippen LogP contribution in [0.4, 0.5) is 5.69 Å². The van der Waals surface area contributed by atoms with Crippen molar-refractivity contribution >= 4 is 5.69 Å². The van der Waals surface area contributed by atoms with Gasteiger partial charge in [0.2, 0.25) is 0 Å². The van der Waals surface area contributed by atoms with Crippen LogP contribution >= 0.6 is 0 Å². The summed E-state index contributed by atoms with van der Waals surface area (Å²) < 4.78 is 4.90. The van der Waals surface area contributed by atoms with E-state index in [4.69, 9.17) is 15.3 Å². The lowest BCUT2D eigenvalue weighted by Crippen LogP contribution is -1.99. The molecule has 0 aromatic heterocycles. The van der Waals surface area contributed by atoms with E-state index in [9.17, 15) is 10.1 Å². The highest BCUT2D eigenvalue weighted by Gasteiger charge is 2.21. The van der Waals surface area contributed by atoms with Crippen LogP contribution in [0.2, 0.25) is 0 Å². The molecule has 0 aliphatic carbocycles. The SMILES string of the molecule is COc1cc(C#N)c([N+](=O)[O-])c(CC#N)c1. The van der Waals surface area contributed by atoms with Gasteiger partial charge in [-0.25, -0.2) is 0 Å². The summed E-state index contributed by atoms with van der Waals surface area (Å²) in [6.07, 6.45) is -0.137. The molecule has 0 aliphatic rings. The van der Waals surface area contributed by atoms with Crippen LogP contribution in [0, 0.1) is 32.8 Å². The molecule has 0 bridgehead atoms. The summed E-state index contributed by atoms with van der Waals surface area (Å²) in [5, 5.41) is 28.1. The summed E-state index contributed by atoms with van der Waals surface area (Å²) in [7, 11) is 1.39. The van der Waals surface area contributed by atoms with Gasteiger partial charge in [0.05, 0.1) is 24.5 Å². The molecule has 6 nitrogen and oxygen atoms in total. The Kier molecular flexibility index (Phi) is 3.41. The minimum atomic E-state index is -0.662. The molecule has 0 atom stereocenters. The van der Waals surface area contributed by atoms with Crippen molar-refractivity contribution in [3.05, 3.63) is 33.4 Å². The van der Waals surface area contributed by atoms with Crippen molar-refractivity contribution in [2.75, 3.05) is 7.11 Å². The Bertz CT molecular complexity index is 511. The molecule has 0 heterocycles. The Morgan fingerprint density at radius 2 is 2.19 bits per heavy atom. The van der Waals surface area contributed by atoms with Crippen LogP contribution in [-0.4, -0.2) is 12.0 Å². The molecule has 0 unspecified atom stereocenters. The second-order valence-electron chi connectivity index (χ2n) is 2.89. The van der Waals surface area contributed by atoms with Gasteiger partial charge in [-0.15, -0.1) is 0 Å².